The molecule has 0 bridgehead atoms. The molecule has 0 saturated carbocycles. The van der Waals surface area contributed by atoms with Crippen molar-refractivity contribution >= 4 is 11.9 Å². The molecule has 0 aliphatic heterocycles. The van der Waals surface area contributed by atoms with Crippen molar-refractivity contribution in [3.63, 3.8) is 0 Å². The highest BCUT2D eigenvalue weighted by atomic mass is 16.4. The number of benzene rings is 1. The molecule has 1 aromatic rings. The van der Waals surface area contributed by atoms with Crippen molar-refractivity contribution in [3.8, 4) is 0 Å². The smallest absolute Gasteiger partial charge is 0.305 e. The highest BCUT2D eigenvalue weighted by Crippen LogP contribution is 2.16. The van der Waals surface area contributed by atoms with E-state index in [1.54, 1.807) is 31.2 Å². The standard InChI is InChI=1S/C13H18N2O4/c1-8(12(18)9-5-3-2-4-6-9)15-13(19)10(14)7-11(16)17/h2-6,8,10,12,18H,7,14H2,1H3,(H,15,19)(H,16,17). The topological polar surface area (TPSA) is 113 Å². The van der Waals surface area contributed by atoms with Gasteiger partial charge in [0.05, 0.1) is 24.6 Å². The first-order valence-corrected chi connectivity index (χ1v) is 5.92. The van der Waals surface area contributed by atoms with Crippen LogP contribution in [0.2, 0.25) is 0 Å². The Kier molecular flexibility index (Phi) is 5.47. The molecule has 0 aliphatic carbocycles. The summed E-state index contributed by atoms with van der Waals surface area (Å²) in [5, 5.41) is 21.1. The second kappa shape index (κ2) is 6.86. The number of aliphatic hydroxyl groups is 1. The summed E-state index contributed by atoms with van der Waals surface area (Å²) >= 11 is 0. The van der Waals surface area contributed by atoms with Crippen molar-refractivity contribution in [2.24, 2.45) is 5.73 Å². The van der Waals surface area contributed by atoms with Crippen LogP contribution >= 0.6 is 0 Å². The van der Waals surface area contributed by atoms with Gasteiger partial charge in [-0.25, -0.2) is 0 Å². The molecule has 1 rings (SSSR count). The van der Waals surface area contributed by atoms with E-state index in [2.05, 4.69) is 5.32 Å². The van der Waals surface area contributed by atoms with Gasteiger partial charge in [0, 0.05) is 0 Å². The van der Waals surface area contributed by atoms with Gasteiger partial charge in [-0.3, -0.25) is 9.59 Å². The number of hydrogen-bond acceptors (Lipinski definition) is 4. The second-order valence-corrected chi connectivity index (χ2v) is 4.36. The Bertz CT molecular complexity index is 436. The van der Waals surface area contributed by atoms with E-state index >= 15 is 0 Å². The number of carboxylic acids is 1. The van der Waals surface area contributed by atoms with Crippen molar-refractivity contribution in [2.45, 2.75) is 31.5 Å². The Hall–Kier alpha value is -1.92. The average molecular weight is 266 g/mol. The number of carbonyl (C=O) groups excluding carboxylic acids is 1. The number of nitrogens with two attached hydrogens (primary N) is 1. The molecule has 0 aromatic heterocycles. The van der Waals surface area contributed by atoms with Crippen molar-refractivity contribution in [2.75, 3.05) is 0 Å². The molecule has 0 heterocycles. The minimum absolute atomic E-state index is 0.444. The Labute approximate surface area is 111 Å². The van der Waals surface area contributed by atoms with E-state index in [9.17, 15) is 14.7 Å². The summed E-state index contributed by atoms with van der Waals surface area (Å²) in [6.07, 6.45) is -1.32. The number of aliphatic carboxylic acids is 1. The summed E-state index contributed by atoms with van der Waals surface area (Å²) < 4.78 is 0. The largest absolute Gasteiger partial charge is 0.481 e. The molecule has 0 aliphatic rings. The Morgan fingerprint density at radius 2 is 1.89 bits per heavy atom. The monoisotopic (exact) mass is 266 g/mol. The van der Waals surface area contributed by atoms with Crippen LogP contribution in [-0.4, -0.2) is 34.2 Å². The fraction of sp³-hybridized carbons (Fsp3) is 0.385. The van der Waals surface area contributed by atoms with Gasteiger partial charge in [0.25, 0.3) is 0 Å². The van der Waals surface area contributed by atoms with Crippen LogP contribution in [0.1, 0.15) is 25.0 Å². The molecule has 0 saturated heterocycles. The minimum atomic E-state index is -1.14. The lowest BCUT2D eigenvalue weighted by atomic mass is 10.0. The Morgan fingerprint density at radius 1 is 1.32 bits per heavy atom. The molecule has 1 aromatic carbocycles. The summed E-state index contributed by atoms with van der Waals surface area (Å²) in [5.74, 6) is -1.73. The predicted octanol–water partition coefficient (Wildman–Crippen LogP) is 0.0267. The van der Waals surface area contributed by atoms with Crippen LogP contribution < -0.4 is 11.1 Å². The lowest BCUT2D eigenvalue weighted by molar-refractivity contribution is -0.139. The average Bonchev–Trinajstić information content (AvgIpc) is 2.37. The number of nitrogens with one attached hydrogen (secondary N) is 1. The summed E-state index contributed by atoms with van der Waals surface area (Å²) in [6, 6.07) is 7.18. The summed E-state index contributed by atoms with van der Waals surface area (Å²) in [4.78, 5) is 22.1. The molecule has 5 N–H and O–H groups in total. The lowest BCUT2D eigenvalue weighted by Gasteiger charge is -2.22. The fourth-order valence-electron chi connectivity index (χ4n) is 1.63. The highest BCUT2D eigenvalue weighted by Gasteiger charge is 2.22. The van der Waals surface area contributed by atoms with E-state index in [4.69, 9.17) is 10.8 Å². The zero-order valence-corrected chi connectivity index (χ0v) is 10.6. The maximum atomic E-state index is 11.6. The van der Waals surface area contributed by atoms with E-state index in [0.29, 0.717) is 5.56 Å². The highest BCUT2D eigenvalue weighted by molar-refractivity contribution is 5.86. The summed E-state index contributed by atoms with van der Waals surface area (Å²) in [6.45, 7) is 1.63. The van der Waals surface area contributed by atoms with Gasteiger partial charge in [0.15, 0.2) is 0 Å². The molecular formula is C13H18N2O4. The van der Waals surface area contributed by atoms with E-state index in [-0.39, 0.29) is 0 Å². The van der Waals surface area contributed by atoms with Crippen LogP contribution in [0.3, 0.4) is 0 Å². The number of rotatable bonds is 6. The molecule has 3 unspecified atom stereocenters. The first-order valence-electron chi connectivity index (χ1n) is 5.92. The van der Waals surface area contributed by atoms with Gasteiger partial charge in [-0.1, -0.05) is 30.3 Å². The van der Waals surface area contributed by atoms with Gasteiger partial charge in [0.1, 0.15) is 0 Å². The third-order valence-corrected chi connectivity index (χ3v) is 2.72. The van der Waals surface area contributed by atoms with Gasteiger partial charge in [-0.15, -0.1) is 0 Å². The van der Waals surface area contributed by atoms with Gasteiger partial charge in [0.2, 0.25) is 5.91 Å². The second-order valence-electron chi connectivity index (χ2n) is 4.36. The molecule has 104 valence electrons. The maximum Gasteiger partial charge on any atom is 0.305 e. The number of hydrogen-bond donors (Lipinski definition) is 4. The minimum Gasteiger partial charge on any atom is -0.481 e. The van der Waals surface area contributed by atoms with E-state index in [1.165, 1.54) is 0 Å². The number of amides is 1. The Morgan fingerprint density at radius 3 is 2.42 bits per heavy atom. The van der Waals surface area contributed by atoms with Gasteiger partial charge < -0.3 is 21.3 Å². The van der Waals surface area contributed by atoms with E-state index in [0.717, 1.165) is 0 Å². The van der Waals surface area contributed by atoms with Crippen LogP contribution in [0, 0.1) is 0 Å². The number of carboxylic acid groups (broad SMARTS) is 1. The summed E-state index contributed by atoms with van der Waals surface area (Å²) in [7, 11) is 0. The van der Waals surface area contributed by atoms with Crippen LogP contribution in [-0.2, 0) is 9.59 Å². The molecule has 0 fully saturated rings. The molecule has 19 heavy (non-hydrogen) atoms. The van der Waals surface area contributed by atoms with E-state index in [1.807, 2.05) is 6.07 Å². The van der Waals surface area contributed by atoms with Crippen molar-refractivity contribution in [1.82, 2.24) is 5.32 Å². The van der Waals surface area contributed by atoms with Crippen LogP contribution in [0.4, 0.5) is 0 Å². The fourth-order valence-corrected chi connectivity index (χ4v) is 1.63. The molecule has 3 atom stereocenters. The molecular weight excluding hydrogens is 248 g/mol. The van der Waals surface area contributed by atoms with Crippen molar-refractivity contribution < 1.29 is 19.8 Å². The van der Waals surface area contributed by atoms with Crippen molar-refractivity contribution in [3.05, 3.63) is 35.9 Å². The van der Waals surface area contributed by atoms with Crippen LogP contribution in [0.15, 0.2) is 30.3 Å². The normalized spacial score (nSPS) is 15.3. The quantitative estimate of drug-likeness (QED) is 0.580. The van der Waals surface area contributed by atoms with E-state index < -0.39 is 36.5 Å². The predicted molar refractivity (Wildman–Crippen MR) is 69.2 cm³/mol. The molecule has 1 amide bonds. The zero-order valence-electron chi connectivity index (χ0n) is 10.6. The lowest BCUT2D eigenvalue weighted by Crippen LogP contribution is -2.47. The first-order chi connectivity index (χ1) is 8.91. The zero-order chi connectivity index (χ0) is 14.4. The number of carbonyl (C=O) groups is 2. The Balaban J connectivity index is 2.57. The van der Waals surface area contributed by atoms with Gasteiger partial charge in [-0.2, -0.15) is 0 Å². The SMILES string of the molecule is CC(NC(=O)C(N)CC(=O)O)C(O)c1ccccc1. The van der Waals surface area contributed by atoms with Gasteiger partial charge in [-0.05, 0) is 12.5 Å². The third kappa shape index (κ3) is 4.69. The number of aliphatic hydroxyl groups excluding tert-OH is 1. The summed E-state index contributed by atoms with van der Waals surface area (Å²) in [5.41, 5.74) is 6.10. The van der Waals surface area contributed by atoms with Crippen LogP contribution in [0.25, 0.3) is 0 Å². The first kappa shape index (κ1) is 15.1. The third-order valence-electron chi connectivity index (χ3n) is 2.72. The molecule has 6 heteroatoms. The maximum absolute atomic E-state index is 11.6. The van der Waals surface area contributed by atoms with Crippen molar-refractivity contribution in [1.29, 1.82) is 0 Å². The van der Waals surface area contributed by atoms with Gasteiger partial charge >= 0.3 is 5.97 Å². The molecule has 0 radical (unpaired) electrons. The molecule has 6 nitrogen and oxygen atoms in total. The molecule has 0 spiro atoms. The van der Waals surface area contributed by atoms with Crippen LogP contribution in [0.5, 0.6) is 0 Å².